The van der Waals surface area contributed by atoms with Gasteiger partial charge in [0.05, 0.1) is 12.7 Å². The van der Waals surface area contributed by atoms with Gasteiger partial charge in [-0.15, -0.1) is 13.2 Å². The van der Waals surface area contributed by atoms with Gasteiger partial charge in [0.15, 0.2) is 0 Å². The van der Waals surface area contributed by atoms with Crippen molar-refractivity contribution >= 4 is 11.4 Å². The molecular formula is C21H22F3NO2. The number of alkyl halides is 3. The molecule has 0 spiro atoms. The van der Waals surface area contributed by atoms with Crippen molar-refractivity contribution in [3.63, 3.8) is 0 Å². The van der Waals surface area contributed by atoms with E-state index in [-0.39, 0.29) is 11.9 Å². The molecule has 144 valence electrons. The minimum Gasteiger partial charge on any atom is -0.406 e. The van der Waals surface area contributed by atoms with Crippen LogP contribution in [0.3, 0.4) is 0 Å². The molecule has 0 saturated heterocycles. The second-order valence-electron chi connectivity index (χ2n) is 7.21. The minimum atomic E-state index is -4.70. The maximum atomic E-state index is 12.6. The van der Waals surface area contributed by atoms with Crippen molar-refractivity contribution in [1.82, 2.24) is 0 Å². The predicted octanol–water partition coefficient (Wildman–Crippen LogP) is 5.56. The van der Waals surface area contributed by atoms with Crippen LogP contribution in [0.25, 0.3) is 0 Å². The molecule has 1 aliphatic carbocycles. The Morgan fingerprint density at radius 2 is 1.89 bits per heavy atom. The zero-order valence-corrected chi connectivity index (χ0v) is 15.1. The molecule has 1 saturated carbocycles. The summed E-state index contributed by atoms with van der Waals surface area (Å²) in [5.74, 6) is 0.328. The van der Waals surface area contributed by atoms with E-state index in [1.165, 1.54) is 23.3 Å². The van der Waals surface area contributed by atoms with E-state index in [1.807, 2.05) is 6.07 Å². The Morgan fingerprint density at radius 3 is 2.63 bits per heavy atom. The van der Waals surface area contributed by atoms with Gasteiger partial charge in [0, 0.05) is 30.4 Å². The maximum absolute atomic E-state index is 12.6. The molecule has 0 radical (unpaired) electrons. The van der Waals surface area contributed by atoms with Crippen molar-refractivity contribution in [2.24, 2.45) is 0 Å². The van der Waals surface area contributed by atoms with Gasteiger partial charge in [-0.3, -0.25) is 0 Å². The van der Waals surface area contributed by atoms with Gasteiger partial charge in [-0.25, -0.2) is 0 Å². The predicted molar refractivity (Wildman–Crippen MR) is 97.7 cm³/mol. The number of para-hydroxylation sites is 1. The Hall–Kier alpha value is -2.21. The van der Waals surface area contributed by atoms with Gasteiger partial charge < -0.3 is 14.4 Å². The standard InChI is InChI=1S/C21H22F3NO2/c1-14-12-16-4-2-7-19(15-8-9-15)20(16)25(10-11-26-14)17-5-3-6-18(13-17)27-21(22,23)24/h2-7,13-15H,8-12H2,1H3. The highest BCUT2D eigenvalue weighted by atomic mass is 19.4. The van der Waals surface area contributed by atoms with Crippen LogP contribution in [-0.2, 0) is 11.2 Å². The first-order valence-electron chi connectivity index (χ1n) is 9.27. The molecule has 6 heteroatoms. The number of halogens is 3. The molecule has 2 aliphatic rings. The quantitative estimate of drug-likeness (QED) is 0.699. The zero-order valence-electron chi connectivity index (χ0n) is 15.1. The molecule has 4 rings (SSSR count). The Balaban J connectivity index is 1.77. The summed E-state index contributed by atoms with van der Waals surface area (Å²) in [4.78, 5) is 2.08. The third kappa shape index (κ3) is 4.21. The van der Waals surface area contributed by atoms with Crippen LogP contribution >= 0.6 is 0 Å². The monoisotopic (exact) mass is 377 g/mol. The van der Waals surface area contributed by atoms with Crippen LogP contribution in [0.15, 0.2) is 42.5 Å². The van der Waals surface area contributed by atoms with E-state index in [9.17, 15) is 13.2 Å². The highest BCUT2D eigenvalue weighted by Crippen LogP contribution is 2.47. The Kier molecular flexibility index (Phi) is 4.76. The van der Waals surface area contributed by atoms with E-state index in [1.54, 1.807) is 6.07 Å². The van der Waals surface area contributed by atoms with Crippen LogP contribution in [0.1, 0.15) is 36.8 Å². The molecule has 3 nitrogen and oxygen atoms in total. The topological polar surface area (TPSA) is 21.7 Å². The Bertz CT molecular complexity index is 817. The van der Waals surface area contributed by atoms with Crippen LogP contribution in [-0.4, -0.2) is 25.6 Å². The van der Waals surface area contributed by atoms with Crippen molar-refractivity contribution in [2.75, 3.05) is 18.1 Å². The average molecular weight is 377 g/mol. The van der Waals surface area contributed by atoms with E-state index >= 15 is 0 Å². The second kappa shape index (κ2) is 7.08. The summed E-state index contributed by atoms with van der Waals surface area (Å²) in [5.41, 5.74) is 4.26. The van der Waals surface area contributed by atoms with Crippen LogP contribution < -0.4 is 9.64 Å². The van der Waals surface area contributed by atoms with Crippen molar-refractivity contribution < 1.29 is 22.6 Å². The van der Waals surface area contributed by atoms with E-state index in [4.69, 9.17) is 4.74 Å². The SMILES string of the molecule is CC1Cc2cccc(C3CC3)c2N(c2cccc(OC(F)(F)F)c2)CCO1. The third-order valence-electron chi connectivity index (χ3n) is 5.03. The van der Waals surface area contributed by atoms with Gasteiger partial charge in [-0.2, -0.15) is 0 Å². The maximum Gasteiger partial charge on any atom is 0.573 e. The summed E-state index contributed by atoms with van der Waals surface area (Å²) in [6.07, 6.45) is -1.49. The summed E-state index contributed by atoms with van der Waals surface area (Å²) >= 11 is 0. The molecule has 1 heterocycles. The minimum absolute atomic E-state index is 0.111. The number of nitrogens with zero attached hydrogens (tertiary/aromatic N) is 1. The van der Waals surface area contributed by atoms with E-state index in [2.05, 4.69) is 34.8 Å². The van der Waals surface area contributed by atoms with Crippen LogP contribution in [0.2, 0.25) is 0 Å². The molecule has 2 aromatic carbocycles. The second-order valence-corrected chi connectivity index (χ2v) is 7.21. The lowest BCUT2D eigenvalue weighted by Gasteiger charge is -2.33. The molecular weight excluding hydrogens is 355 g/mol. The number of benzene rings is 2. The van der Waals surface area contributed by atoms with Crippen LogP contribution in [0.5, 0.6) is 5.75 Å². The lowest BCUT2D eigenvalue weighted by Crippen LogP contribution is -2.30. The smallest absolute Gasteiger partial charge is 0.406 e. The first-order chi connectivity index (χ1) is 12.9. The molecule has 2 aromatic rings. The van der Waals surface area contributed by atoms with Gasteiger partial charge in [0.1, 0.15) is 5.75 Å². The number of rotatable bonds is 3. The number of hydrogen-bond donors (Lipinski definition) is 0. The number of fused-ring (bicyclic) bond motifs is 1. The lowest BCUT2D eigenvalue weighted by atomic mass is 9.97. The van der Waals surface area contributed by atoms with Crippen LogP contribution in [0, 0.1) is 0 Å². The van der Waals surface area contributed by atoms with E-state index in [0.717, 1.165) is 24.9 Å². The normalized spacial score (nSPS) is 20.6. The summed E-state index contributed by atoms with van der Waals surface area (Å²) in [6.45, 7) is 3.15. The van der Waals surface area contributed by atoms with Gasteiger partial charge in [0.2, 0.25) is 0 Å². The molecule has 1 fully saturated rings. The third-order valence-corrected chi connectivity index (χ3v) is 5.03. The molecule has 0 bridgehead atoms. The van der Waals surface area contributed by atoms with Gasteiger partial charge in [-0.05, 0) is 48.9 Å². The summed E-state index contributed by atoms with van der Waals surface area (Å²) in [7, 11) is 0. The molecule has 0 amide bonds. The molecule has 1 aliphatic heterocycles. The molecule has 1 unspecified atom stereocenters. The van der Waals surface area contributed by atoms with E-state index < -0.39 is 6.36 Å². The highest BCUT2D eigenvalue weighted by molar-refractivity contribution is 5.72. The number of ether oxygens (including phenoxy) is 2. The van der Waals surface area contributed by atoms with Gasteiger partial charge in [-0.1, -0.05) is 24.3 Å². The Morgan fingerprint density at radius 1 is 1.11 bits per heavy atom. The highest BCUT2D eigenvalue weighted by Gasteiger charge is 2.33. The largest absolute Gasteiger partial charge is 0.573 e. The fourth-order valence-corrected chi connectivity index (χ4v) is 3.76. The van der Waals surface area contributed by atoms with Crippen molar-refractivity contribution in [3.8, 4) is 5.75 Å². The van der Waals surface area contributed by atoms with Crippen LogP contribution in [0.4, 0.5) is 24.5 Å². The van der Waals surface area contributed by atoms with Crippen molar-refractivity contribution in [1.29, 1.82) is 0 Å². The lowest BCUT2D eigenvalue weighted by molar-refractivity contribution is -0.274. The fraction of sp³-hybridized carbons (Fsp3) is 0.429. The fourth-order valence-electron chi connectivity index (χ4n) is 3.76. The average Bonchev–Trinajstić information content (AvgIpc) is 3.41. The molecule has 27 heavy (non-hydrogen) atoms. The van der Waals surface area contributed by atoms with Crippen molar-refractivity contribution in [3.05, 3.63) is 53.6 Å². The summed E-state index contributed by atoms with van der Waals surface area (Å²) < 4.78 is 47.9. The Labute approximate surface area is 156 Å². The summed E-state index contributed by atoms with van der Waals surface area (Å²) in [6, 6.07) is 12.5. The van der Waals surface area contributed by atoms with Gasteiger partial charge in [0.25, 0.3) is 0 Å². The van der Waals surface area contributed by atoms with E-state index in [0.29, 0.717) is 24.8 Å². The summed E-state index contributed by atoms with van der Waals surface area (Å²) in [5, 5.41) is 0. The zero-order chi connectivity index (χ0) is 19.0. The first-order valence-corrected chi connectivity index (χ1v) is 9.27. The molecule has 1 atom stereocenters. The van der Waals surface area contributed by atoms with Gasteiger partial charge >= 0.3 is 6.36 Å². The molecule has 0 aromatic heterocycles. The number of hydrogen-bond acceptors (Lipinski definition) is 3. The molecule has 0 N–H and O–H groups in total. The number of anilines is 2. The van der Waals surface area contributed by atoms with Crippen molar-refractivity contribution in [2.45, 2.75) is 44.6 Å². The first kappa shape index (κ1) is 18.2.